The predicted octanol–water partition coefficient (Wildman–Crippen LogP) is 2.41. The Hall–Kier alpha value is -3.61. The van der Waals surface area contributed by atoms with Gasteiger partial charge in [0, 0.05) is 11.3 Å². The number of phenolic OH excluding ortho intramolecular Hbond substituents is 1. The number of phenols is 1. The van der Waals surface area contributed by atoms with Crippen LogP contribution in [0.4, 0.5) is 5.69 Å². The highest BCUT2D eigenvalue weighted by atomic mass is 16.5. The molecular formula is C19H17NO6. The Kier molecular flexibility index (Phi) is 6.10. The zero-order valence-electron chi connectivity index (χ0n) is 14.2. The van der Waals surface area contributed by atoms with Crippen LogP contribution in [0.25, 0.3) is 6.08 Å². The van der Waals surface area contributed by atoms with Crippen molar-refractivity contribution in [3.8, 4) is 11.5 Å². The van der Waals surface area contributed by atoms with E-state index in [0.29, 0.717) is 22.6 Å². The monoisotopic (exact) mass is 355 g/mol. The van der Waals surface area contributed by atoms with Crippen molar-refractivity contribution in [3.63, 3.8) is 0 Å². The summed E-state index contributed by atoms with van der Waals surface area (Å²) in [6, 6.07) is 10.8. The second-order valence-corrected chi connectivity index (χ2v) is 5.16. The van der Waals surface area contributed by atoms with E-state index in [4.69, 9.17) is 4.74 Å². The maximum absolute atomic E-state index is 12.3. The van der Waals surface area contributed by atoms with Crippen LogP contribution in [0, 0.1) is 0 Å². The number of carbonyl (C=O) groups excluding carboxylic acids is 3. The molecule has 0 atom stereocenters. The first kappa shape index (κ1) is 18.7. The summed E-state index contributed by atoms with van der Waals surface area (Å²) >= 11 is 0. The molecule has 2 N–H and O–H groups in total. The molecule has 134 valence electrons. The summed E-state index contributed by atoms with van der Waals surface area (Å²) in [4.78, 5) is 34.9. The molecule has 0 bridgehead atoms. The first-order valence-electron chi connectivity index (χ1n) is 7.53. The van der Waals surface area contributed by atoms with Crippen LogP contribution in [-0.2, 0) is 14.3 Å². The predicted molar refractivity (Wildman–Crippen MR) is 95.1 cm³/mol. The summed E-state index contributed by atoms with van der Waals surface area (Å²) in [6.07, 6.45) is 2.93. The lowest BCUT2D eigenvalue weighted by Gasteiger charge is -2.05. The lowest BCUT2D eigenvalue weighted by molar-refractivity contribution is -0.150. The Balaban J connectivity index is 2.13. The number of hydrogen-bond donors (Lipinski definition) is 2. The standard InChI is InChI=1S/C19H17NO6/c1-25-17-10-12(7-9-16(17)22)6-8-15(21)13-4-3-5-14(11-13)20-18(23)19(24)26-2/h3-11,22H,1-2H3,(H,20,23)/b8-6+. The number of benzene rings is 2. The number of amides is 1. The number of carbonyl (C=O) groups is 3. The van der Waals surface area contributed by atoms with Gasteiger partial charge in [-0.05, 0) is 35.9 Å². The molecule has 0 fully saturated rings. The van der Waals surface area contributed by atoms with Crippen LogP contribution in [0.1, 0.15) is 15.9 Å². The molecule has 0 aliphatic rings. The fraction of sp³-hybridized carbons (Fsp3) is 0.105. The van der Waals surface area contributed by atoms with Crippen molar-refractivity contribution in [1.82, 2.24) is 0 Å². The van der Waals surface area contributed by atoms with Gasteiger partial charge in [0.15, 0.2) is 17.3 Å². The van der Waals surface area contributed by atoms with E-state index < -0.39 is 11.9 Å². The van der Waals surface area contributed by atoms with Gasteiger partial charge in [0.25, 0.3) is 0 Å². The number of ketones is 1. The van der Waals surface area contributed by atoms with Crippen LogP contribution >= 0.6 is 0 Å². The third-order valence-corrected chi connectivity index (χ3v) is 3.41. The molecule has 0 aromatic heterocycles. The van der Waals surface area contributed by atoms with Crippen molar-refractivity contribution in [2.24, 2.45) is 0 Å². The number of rotatable bonds is 5. The molecule has 7 nitrogen and oxygen atoms in total. The molecule has 0 saturated carbocycles. The van der Waals surface area contributed by atoms with Crippen molar-refractivity contribution in [2.75, 3.05) is 19.5 Å². The number of anilines is 1. The maximum atomic E-state index is 12.3. The number of methoxy groups -OCH3 is 2. The summed E-state index contributed by atoms with van der Waals surface area (Å²) in [5, 5.41) is 11.9. The Bertz CT molecular complexity index is 872. The van der Waals surface area contributed by atoms with Gasteiger partial charge >= 0.3 is 11.9 Å². The Morgan fingerprint density at radius 2 is 1.85 bits per heavy atom. The third kappa shape index (κ3) is 4.70. The maximum Gasteiger partial charge on any atom is 0.396 e. The normalized spacial score (nSPS) is 10.4. The SMILES string of the molecule is COC(=O)C(=O)Nc1cccc(C(=O)/C=C/c2ccc(O)c(OC)c2)c1. The topological polar surface area (TPSA) is 102 Å². The Morgan fingerprint density at radius 3 is 2.54 bits per heavy atom. The molecule has 7 heteroatoms. The van der Waals surface area contributed by atoms with Gasteiger partial charge in [-0.1, -0.05) is 24.3 Å². The van der Waals surface area contributed by atoms with Crippen molar-refractivity contribution < 1.29 is 29.0 Å². The van der Waals surface area contributed by atoms with E-state index in [-0.39, 0.29) is 11.5 Å². The average Bonchev–Trinajstić information content (AvgIpc) is 2.66. The summed E-state index contributed by atoms with van der Waals surface area (Å²) in [6.45, 7) is 0. The summed E-state index contributed by atoms with van der Waals surface area (Å²) in [7, 11) is 2.53. The molecule has 0 aliphatic carbocycles. The highest BCUT2D eigenvalue weighted by molar-refractivity contribution is 6.37. The smallest absolute Gasteiger partial charge is 0.396 e. The van der Waals surface area contributed by atoms with Crippen molar-refractivity contribution in [2.45, 2.75) is 0 Å². The van der Waals surface area contributed by atoms with Gasteiger partial charge in [0.05, 0.1) is 14.2 Å². The lowest BCUT2D eigenvalue weighted by Crippen LogP contribution is -2.23. The van der Waals surface area contributed by atoms with Gasteiger partial charge in [-0.15, -0.1) is 0 Å². The molecular weight excluding hydrogens is 338 g/mol. The summed E-state index contributed by atoms with van der Waals surface area (Å²) in [5.74, 6) is -1.95. The molecule has 0 saturated heterocycles. The molecule has 2 rings (SSSR count). The van der Waals surface area contributed by atoms with Gasteiger partial charge in [-0.2, -0.15) is 0 Å². The van der Waals surface area contributed by atoms with Crippen LogP contribution < -0.4 is 10.1 Å². The average molecular weight is 355 g/mol. The number of hydrogen-bond acceptors (Lipinski definition) is 6. The van der Waals surface area contributed by atoms with E-state index >= 15 is 0 Å². The minimum atomic E-state index is -1.03. The van der Waals surface area contributed by atoms with Gasteiger partial charge in [-0.25, -0.2) is 4.79 Å². The third-order valence-electron chi connectivity index (χ3n) is 3.41. The van der Waals surface area contributed by atoms with Crippen LogP contribution in [0.2, 0.25) is 0 Å². The number of aromatic hydroxyl groups is 1. The molecule has 1 amide bonds. The molecule has 0 spiro atoms. The molecule has 2 aromatic carbocycles. The molecule has 26 heavy (non-hydrogen) atoms. The fourth-order valence-corrected chi connectivity index (χ4v) is 2.09. The highest BCUT2D eigenvalue weighted by Crippen LogP contribution is 2.26. The van der Waals surface area contributed by atoms with Gasteiger partial charge in [-0.3, -0.25) is 9.59 Å². The van der Waals surface area contributed by atoms with Gasteiger partial charge in [0.1, 0.15) is 0 Å². The minimum Gasteiger partial charge on any atom is -0.504 e. The molecule has 0 aliphatic heterocycles. The molecule has 2 aromatic rings. The lowest BCUT2D eigenvalue weighted by atomic mass is 10.1. The van der Waals surface area contributed by atoms with Crippen LogP contribution in [-0.4, -0.2) is 37.0 Å². The van der Waals surface area contributed by atoms with Crippen molar-refractivity contribution in [3.05, 3.63) is 59.7 Å². The zero-order valence-corrected chi connectivity index (χ0v) is 14.2. The largest absolute Gasteiger partial charge is 0.504 e. The quantitative estimate of drug-likeness (QED) is 0.370. The van der Waals surface area contributed by atoms with Crippen molar-refractivity contribution in [1.29, 1.82) is 0 Å². The number of nitrogens with one attached hydrogen (secondary N) is 1. The zero-order chi connectivity index (χ0) is 19.1. The fourth-order valence-electron chi connectivity index (χ4n) is 2.09. The molecule has 0 heterocycles. The van der Waals surface area contributed by atoms with Crippen molar-refractivity contribution >= 4 is 29.4 Å². The van der Waals surface area contributed by atoms with Gasteiger partial charge < -0.3 is 19.9 Å². The van der Waals surface area contributed by atoms with Gasteiger partial charge in [0.2, 0.25) is 0 Å². The van der Waals surface area contributed by atoms with E-state index in [9.17, 15) is 19.5 Å². The van der Waals surface area contributed by atoms with Crippen LogP contribution in [0.15, 0.2) is 48.5 Å². The van der Waals surface area contributed by atoms with E-state index in [1.54, 1.807) is 36.4 Å². The Labute approximate surface area is 149 Å². The number of ether oxygens (including phenoxy) is 2. The number of esters is 1. The second-order valence-electron chi connectivity index (χ2n) is 5.16. The summed E-state index contributed by atoms with van der Waals surface area (Å²) in [5.41, 5.74) is 1.30. The van der Waals surface area contributed by atoms with Crippen LogP contribution in [0.5, 0.6) is 11.5 Å². The summed E-state index contributed by atoms with van der Waals surface area (Å²) < 4.78 is 9.33. The van der Waals surface area contributed by atoms with E-state index in [2.05, 4.69) is 10.1 Å². The van der Waals surface area contributed by atoms with E-state index in [1.165, 1.54) is 25.3 Å². The number of allylic oxidation sites excluding steroid dienone is 1. The van der Waals surface area contributed by atoms with E-state index in [1.807, 2.05) is 0 Å². The minimum absolute atomic E-state index is 0.00465. The molecule has 0 radical (unpaired) electrons. The highest BCUT2D eigenvalue weighted by Gasteiger charge is 2.14. The first-order valence-corrected chi connectivity index (χ1v) is 7.53. The van der Waals surface area contributed by atoms with Crippen LogP contribution in [0.3, 0.4) is 0 Å². The second kappa shape index (κ2) is 8.48. The first-order chi connectivity index (χ1) is 12.4. The molecule has 0 unspecified atom stereocenters. The Morgan fingerprint density at radius 1 is 1.08 bits per heavy atom. The van der Waals surface area contributed by atoms with E-state index in [0.717, 1.165) is 7.11 Å².